The molecule has 1 aromatic carbocycles. The van der Waals surface area contributed by atoms with Crippen molar-refractivity contribution in [3.05, 3.63) is 57.8 Å². The van der Waals surface area contributed by atoms with E-state index in [2.05, 4.69) is 44.8 Å². The number of carbonyl (C=O) groups is 2. The summed E-state index contributed by atoms with van der Waals surface area (Å²) in [6.45, 7) is 1.97. The average molecular weight is 479 g/mol. The van der Waals surface area contributed by atoms with Crippen molar-refractivity contribution in [3.8, 4) is 0 Å². The number of benzene rings is 1. The Kier molecular flexibility index (Phi) is 9.14. The monoisotopic (exact) mass is 478 g/mol. The Bertz CT molecular complexity index is 921. The number of anilines is 1. The van der Waals surface area contributed by atoms with Gasteiger partial charge in [0.25, 0.3) is 0 Å². The lowest BCUT2D eigenvalue weighted by atomic mass is 9.86. The summed E-state index contributed by atoms with van der Waals surface area (Å²) in [5.74, 6) is -0.774. The molecule has 0 spiro atoms. The maximum Gasteiger partial charge on any atom is 0.319 e. The highest BCUT2D eigenvalue weighted by atomic mass is 35.5. The lowest BCUT2D eigenvalue weighted by Gasteiger charge is -2.36. The molecular formula is C23H28Cl2N4O3. The van der Waals surface area contributed by atoms with Gasteiger partial charge in [0.05, 0.1) is 0 Å². The molecule has 0 aliphatic heterocycles. The topological polar surface area (TPSA) is 94.6 Å². The number of hydrogen-bond donors (Lipinski definition) is 3. The van der Waals surface area contributed by atoms with E-state index in [0.717, 1.165) is 32.2 Å². The molecule has 0 bridgehead atoms. The van der Waals surface area contributed by atoms with Gasteiger partial charge in [-0.2, -0.15) is 0 Å². The zero-order valence-corrected chi connectivity index (χ0v) is 19.3. The normalized spacial score (nSPS) is 15.3. The molecule has 1 aromatic heterocycles. The molecule has 2 amide bonds. The summed E-state index contributed by atoms with van der Waals surface area (Å²) in [5.41, 5.74) is 3.19. The molecule has 2 aromatic rings. The molecule has 0 radical (unpaired) electrons. The van der Waals surface area contributed by atoms with Gasteiger partial charge in [0.15, 0.2) is 0 Å². The van der Waals surface area contributed by atoms with Crippen molar-refractivity contribution >= 4 is 40.9 Å². The molecule has 32 heavy (non-hydrogen) atoms. The van der Waals surface area contributed by atoms with E-state index < -0.39 is 5.97 Å². The Labute approximate surface area is 198 Å². The Morgan fingerprint density at radius 2 is 1.84 bits per heavy atom. The number of carboxylic acid groups (broad SMARTS) is 1. The Balaban J connectivity index is 1.53. The quantitative estimate of drug-likeness (QED) is 0.324. The number of hydrogen-bond acceptors (Lipinski definition) is 4. The summed E-state index contributed by atoms with van der Waals surface area (Å²) in [4.78, 5) is 29.4. The van der Waals surface area contributed by atoms with Crippen LogP contribution in [0.2, 0.25) is 10.3 Å². The Morgan fingerprint density at radius 1 is 1.12 bits per heavy atom. The van der Waals surface area contributed by atoms with E-state index in [1.165, 1.54) is 23.3 Å². The van der Waals surface area contributed by atoms with Crippen molar-refractivity contribution in [2.45, 2.75) is 44.6 Å². The van der Waals surface area contributed by atoms with Crippen LogP contribution in [-0.2, 0) is 11.2 Å². The number of nitrogens with zero attached hydrogens (tertiary/aromatic N) is 2. The van der Waals surface area contributed by atoms with E-state index >= 15 is 0 Å². The molecular weight excluding hydrogens is 451 g/mol. The molecule has 0 saturated heterocycles. The molecule has 1 aliphatic carbocycles. The molecule has 1 atom stereocenters. The van der Waals surface area contributed by atoms with Crippen LogP contribution in [0, 0.1) is 0 Å². The summed E-state index contributed by atoms with van der Waals surface area (Å²) in [6, 6.07) is 11.5. The fourth-order valence-electron chi connectivity index (χ4n) is 4.16. The highest BCUT2D eigenvalue weighted by Gasteiger charge is 2.25. The van der Waals surface area contributed by atoms with E-state index in [4.69, 9.17) is 28.3 Å². The summed E-state index contributed by atoms with van der Waals surface area (Å²) < 4.78 is 0. The third-order valence-corrected chi connectivity index (χ3v) is 5.93. The van der Waals surface area contributed by atoms with Crippen LogP contribution >= 0.6 is 23.2 Å². The van der Waals surface area contributed by atoms with Crippen LogP contribution in [0.15, 0.2) is 36.4 Å². The van der Waals surface area contributed by atoms with Crippen LogP contribution in [0.1, 0.15) is 49.3 Å². The van der Waals surface area contributed by atoms with Gasteiger partial charge in [0.2, 0.25) is 0 Å². The van der Waals surface area contributed by atoms with Gasteiger partial charge in [0.1, 0.15) is 10.3 Å². The average Bonchev–Trinajstić information content (AvgIpc) is 2.74. The molecule has 0 fully saturated rings. The standard InChI is InChI=1S/C23H28Cl2N4O3/c24-20-14-17(15-21(25)28-20)27-23(32)26-11-5-13-29(12-4-10-22(30)31)19-9-3-7-16-6-1-2-8-18(16)19/h1-2,6,8,14-15,19H,3-5,7,9-13H2,(H,30,31)(H2,26,27,28,32). The van der Waals surface area contributed by atoms with Gasteiger partial charge >= 0.3 is 12.0 Å². The largest absolute Gasteiger partial charge is 0.481 e. The van der Waals surface area contributed by atoms with Crippen LogP contribution in [0.25, 0.3) is 0 Å². The number of halogens is 2. The molecule has 3 N–H and O–H groups in total. The van der Waals surface area contributed by atoms with Gasteiger partial charge < -0.3 is 15.7 Å². The lowest BCUT2D eigenvalue weighted by Crippen LogP contribution is -2.36. The Hall–Kier alpha value is -2.35. The minimum atomic E-state index is -0.774. The third kappa shape index (κ3) is 7.36. The summed E-state index contributed by atoms with van der Waals surface area (Å²) >= 11 is 11.7. The van der Waals surface area contributed by atoms with Crippen molar-refractivity contribution in [2.75, 3.05) is 25.0 Å². The molecule has 1 heterocycles. The first-order valence-electron chi connectivity index (χ1n) is 10.8. The fraction of sp³-hybridized carbons (Fsp3) is 0.435. The van der Waals surface area contributed by atoms with Gasteiger partial charge in [-0.05, 0) is 61.9 Å². The van der Waals surface area contributed by atoms with E-state index in [-0.39, 0.29) is 28.8 Å². The summed E-state index contributed by atoms with van der Waals surface area (Å²) in [7, 11) is 0. The predicted molar refractivity (Wildman–Crippen MR) is 126 cm³/mol. The van der Waals surface area contributed by atoms with Crippen molar-refractivity contribution in [2.24, 2.45) is 0 Å². The number of rotatable bonds is 10. The van der Waals surface area contributed by atoms with Crippen molar-refractivity contribution in [1.82, 2.24) is 15.2 Å². The molecule has 1 unspecified atom stereocenters. The maximum absolute atomic E-state index is 12.2. The minimum Gasteiger partial charge on any atom is -0.481 e. The van der Waals surface area contributed by atoms with E-state index in [1.54, 1.807) is 0 Å². The summed E-state index contributed by atoms with van der Waals surface area (Å²) in [5, 5.41) is 15.0. The number of amides is 2. The number of urea groups is 1. The number of aromatic nitrogens is 1. The van der Waals surface area contributed by atoms with E-state index in [0.29, 0.717) is 25.2 Å². The Morgan fingerprint density at radius 3 is 2.59 bits per heavy atom. The molecule has 0 saturated carbocycles. The number of nitrogens with one attached hydrogen (secondary N) is 2. The predicted octanol–water partition coefficient (Wildman–Crippen LogP) is 5.14. The molecule has 9 heteroatoms. The highest BCUT2D eigenvalue weighted by molar-refractivity contribution is 6.32. The van der Waals surface area contributed by atoms with E-state index in [1.807, 2.05) is 0 Å². The van der Waals surface area contributed by atoms with Gasteiger partial charge in [-0.1, -0.05) is 47.5 Å². The first kappa shape index (κ1) is 24.3. The first-order chi connectivity index (χ1) is 15.4. The second-order valence-corrected chi connectivity index (χ2v) is 8.65. The zero-order valence-electron chi connectivity index (χ0n) is 17.8. The summed E-state index contributed by atoms with van der Waals surface area (Å²) in [6.07, 6.45) is 4.77. The number of aliphatic carboxylic acids is 1. The minimum absolute atomic E-state index is 0.155. The maximum atomic E-state index is 12.2. The van der Waals surface area contributed by atoms with Crippen LogP contribution < -0.4 is 10.6 Å². The highest BCUT2D eigenvalue weighted by Crippen LogP contribution is 2.34. The number of carboxylic acids is 1. The number of fused-ring (bicyclic) bond motifs is 1. The molecule has 1 aliphatic rings. The molecule has 7 nitrogen and oxygen atoms in total. The lowest BCUT2D eigenvalue weighted by molar-refractivity contribution is -0.137. The third-order valence-electron chi connectivity index (χ3n) is 5.54. The van der Waals surface area contributed by atoms with Gasteiger partial charge in [0, 0.05) is 31.2 Å². The van der Waals surface area contributed by atoms with E-state index in [9.17, 15) is 9.59 Å². The van der Waals surface area contributed by atoms with Crippen molar-refractivity contribution in [3.63, 3.8) is 0 Å². The number of aryl methyl sites for hydroxylation is 1. The SMILES string of the molecule is O=C(O)CCCN(CCCNC(=O)Nc1cc(Cl)nc(Cl)c1)C1CCCc2ccccc21. The second-order valence-electron chi connectivity index (χ2n) is 7.88. The fourth-order valence-corrected chi connectivity index (χ4v) is 4.62. The second kappa shape index (κ2) is 12.0. The van der Waals surface area contributed by atoms with Crippen LogP contribution in [0.3, 0.4) is 0 Å². The van der Waals surface area contributed by atoms with Crippen LogP contribution in [0.5, 0.6) is 0 Å². The molecule has 172 valence electrons. The number of pyridine rings is 1. The first-order valence-corrected chi connectivity index (χ1v) is 11.6. The van der Waals surface area contributed by atoms with Crippen molar-refractivity contribution < 1.29 is 14.7 Å². The van der Waals surface area contributed by atoms with Crippen molar-refractivity contribution in [1.29, 1.82) is 0 Å². The van der Waals surface area contributed by atoms with Crippen LogP contribution in [-0.4, -0.2) is 46.6 Å². The zero-order chi connectivity index (χ0) is 22.9. The van der Waals surface area contributed by atoms with Crippen LogP contribution in [0.4, 0.5) is 10.5 Å². The van der Waals surface area contributed by atoms with Gasteiger partial charge in [-0.25, -0.2) is 9.78 Å². The van der Waals surface area contributed by atoms with Gasteiger partial charge in [-0.3, -0.25) is 9.69 Å². The van der Waals surface area contributed by atoms with Gasteiger partial charge in [-0.15, -0.1) is 0 Å². The smallest absolute Gasteiger partial charge is 0.319 e. The molecule has 3 rings (SSSR count). The number of carbonyl (C=O) groups excluding carboxylic acids is 1.